The van der Waals surface area contributed by atoms with Gasteiger partial charge in [-0.05, 0) is 26.2 Å². The van der Waals surface area contributed by atoms with Gasteiger partial charge < -0.3 is 10.2 Å². The van der Waals surface area contributed by atoms with Gasteiger partial charge >= 0.3 is 17.8 Å². The number of aryl methyl sites for hydroxylation is 1. The van der Waals surface area contributed by atoms with Gasteiger partial charge in [0.1, 0.15) is 5.70 Å². The molecule has 6 nitrogen and oxygen atoms in total. The van der Waals surface area contributed by atoms with E-state index in [1.165, 1.54) is 24.3 Å². The number of fused-ring (bicyclic) bond motifs is 1. The molecule has 1 fully saturated rings. The van der Waals surface area contributed by atoms with Crippen LogP contribution in [-0.2, 0) is 10.5 Å². The molecule has 0 radical (unpaired) electrons. The van der Waals surface area contributed by atoms with Gasteiger partial charge in [-0.2, -0.15) is 13.2 Å². The molecule has 1 saturated heterocycles. The number of carbonyl (C=O) groups excluding carboxylic acids is 1. The van der Waals surface area contributed by atoms with E-state index in [1.54, 1.807) is 6.92 Å². The third-order valence-corrected chi connectivity index (χ3v) is 4.87. The maximum atomic E-state index is 14.3. The molecule has 2 aliphatic rings. The number of amides is 1. The molecule has 2 heterocycles. The number of allylic oxidation sites excluding steroid dienone is 1. The predicted molar refractivity (Wildman–Crippen MR) is 86.2 cm³/mol. The van der Waals surface area contributed by atoms with Crippen LogP contribution in [0.5, 0.6) is 0 Å². The van der Waals surface area contributed by atoms with Crippen LogP contribution in [0.2, 0.25) is 0 Å². The Bertz CT molecular complexity index is 774. The van der Waals surface area contributed by atoms with Crippen molar-refractivity contribution in [3.63, 3.8) is 0 Å². The van der Waals surface area contributed by atoms with Gasteiger partial charge in [0.05, 0.1) is 4.92 Å². The zero-order valence-electron chi connectivity index (χ0n) is 14.1. The molecule has 0 saturated carbocycles. The zero-order chi connectivity index (χ0) is 19.1. The number of carbonyl (C=O) groups is 1. The molecule has 0 unspecified atom stereocenters. The van der Waals surface area contributed by atoms with Crippen molar-refractivity contribution < 1.29 is 22.9 Å². The summed E-state index contributed by atoms with van der Waals surface area (Å²) in [6.07, 6.45) is -3.21. The molecule has 0 aliphatic carbocycles. The van der Waals surface area contributed by atoms with Crippen molar-refractivity contribution in [2.24, 2.45) is 0 Å². The lowest BCUT2D eigenvalue weighted by Crippen LogP contribution is -2.69. The number of hydrogen-bond donors (Lipinski definition) is 1. The lowest BCUT2D eigenvalue weighted by Gasteiger charge is -2.48. The van der Waals surface area contributed by atoms with Crippen LogP contribution in [0.25, 0.3) is 0 Å². The second-order valence-corrected chi connectivity index (χ2v) is 6.54. The molecule has 2 aliphatic heterocycles. The van der Waals surface area contributed by atoms with Crippen LogP contribution in [-0.4, -0.2) is 28.5 Å². The van der Waals surface area contributed by atoms with Gasteiger partial charge in [-0.25, -0.2) is 0 Å². The summed E-state index contributed by atoms with van der Waals surface area (Å²) in [5, 5.41) is 13.3. The number of nitro groups is 1. The first-order valence-corrected chi connectivity index (χ1v) is 8.30. The molecule has 1 atom stereocenters. The predicted octanol–water partition coefficient (Wildman–Crippen LogP) is 3.20. The fraction of sp³-hybridized carbons (Fsp3) is 0.471. The molecular weight excluding hydrogens is 351 g/mol. The summed E-state index contributed by atoms with van der Waals surface area (Å²) < 4.78 is 43.0. The van der Waals surface area contributed by atoms with Gasteiger partial charge in [-0.3, -0.25) is 14.9 Å². The molecule has 1 amide bonds. The highest BCUT2D eigenvalue weighted by atomic mass is 19.4. The smallest absolute Gasteiger partial charge is 0.335 e. The van der Waals surface area contributed by atoms with Gasteiger partial charge in [-0.1, -0.05) is 36.2 Å². The van der Waals surface area contributed by atoms with Gasteiger partial charge in [0, 0.05) is 12.1 Å². The first-order chi connectivity index (χ1) is 12.2. The van der Waals surface area contributed by atoms with E-state index in [4.69, 9.17) is 0 Å². The van der Waals surface area contributed by atoms with E-state index in [0.29, 0.717) is 19.3 Å². The monoisotopic (exact) mass is 369 g/mol. The third-order valence-electron chi connectivity index (χ3n) is 4.87. The van der Waals surface area contributed by atoms with E-state index in [2.05, 4.69) is 0 Å². The average molecular weight is 369 g/mol. The van der Waals surface area contributed by atoms with Crippen molar-refractivity contribution in [2.75, 3.05) is 6.54 Å². The Morgan fingerprint density at radius 3 is 2.42 bits per heavy atom. The Balaban J connectivity index is 2.29. The number of alkyl halides is 3. The van der Waals surface area contributed by atoms with E-state index in [1.807, 2.05) is 5.32 Å². The third kappa shape index (κ3) is 2.71. The van der Waals surface area contributed by atoms with Crippen molar-refractivity contribution in [1.82, 2.24) is 10.2 Å². The Hall–Kier alpha value is -2.58. The summed E-state index contributed by atoms with van der Waals surface area (Å²) in [4.78, 5) is 23.8. The average Bonchev–Trinajstić information content (AvgIpc) is 2.79. The molecule has 0 spiro atoms. The van der Waals surface area contributed by atoms with Crippen LogP contribution in [0.4, 0.5) is 13.2 Å². The fourth-order valence-corrected chi connectivity index (χ4v) is 3.65. The lowest BCUT2D eigenvalue weighted by atomic mass is 9.91. The second kappa shape index (κ2) is 6.30. The van der Waals surface area contributed by atoms with Crippen molar-refractivity contribution in [3.8, 4) is 0 Å². The van der Waals surface area contributed by atoms with E-state index < -0.39 is 28.4 Å². The van der Waals surface area contributed by atoms with Crippen molar-refractivity contribution in [3.05, 3.63) is 56.9 Å². The van der Waals surface area contributed by atoms with Gasteiger partial charge in [0.15, 0.2) is 0 Å². The molecule has 1 aromatic rings. The molecule has 1 N–H and O–H groups in total. The number of nitrogens with zero attached hydrogens (tertiary/aromatic N) is 2. The number of halogens is 3. The van der Waals surface area contributed by atoms with E-state index in [9.17, 15) is 28.1 Å². The SMILES string of the molecule is Cc1ccc([C@@]2(C(F)(F)F)NC(=O)C([N+](=O)[O-])=C3CCCCCN32)cc1. The molecule has 1 aromatic carbocycles. The van der Waals surface area contributed by atoms with Crippen LogP contribution >= 0.6 is 0 Å². The van der Waals surface area contributed by atoms with Crippen LogP contribution in [0, 0.1) is 17.0 Å². The molecule has 0 aromatic heterocycles. The van der Waals surface area contributed by atoms with Crippen LogP contribution in [0.3, 0.4) is 0 Å². The number of benzene rings is 1. The molecular formula is C17H18F3N3O3. The highest BCUT2D eigenvalue weighted by Gasteiger charge is 2.65. The zero-order valence-corrected chi connectivity index (χ0v) is 14.1. The van der Waals surface area contributed by atoms with Crippen LogP contribution < -0.4 is 5.32 Å². The second-order valence-electron chi connectivity index (χ2n) is 6.54. The number of nitrogens with one attached hydrogen (secondary N) is 1. The standard InChI is InChI=1S/C17H18F3N3O3/c1-11-6-8-12(9-7-11)16(17(18,19)20)21-15(24)14(23(25)26)13-5-3-2-4-10-22(13)16/h6-9H,2-5,10H2,1H3,(H,21,24)/t16-/m1/s1. The summed E-state index contributed by atoms with van der Waals surface area (Å²) in [5.74, 6) is -1.30. The quantitative estimate of drug-likeness (QED) is 0.642. The minimum absolute atomic E-state index is 0.0274. The summed E-state index contributed by atoms with van der Waals surface area (Å²) in [5.41, 5.74) is -3.14. The van der Waals surface area contributed by atoms with Crippen molar-refractivity contribution in [2.45, 2.75) is 44.4 Å². The van der Waals surface area contributed by atoms with Gasteiger partial charge in [0.2, 0.25) is 5.66 Å². The first kappa shape index (κ1) is 18.2. The molecule has 9 heteroatoms. The molecule has 3 rings (SSSR count). The maximum Gasteiger partial charge on any atom is 0.435 e. The highest BCUT2D eigenvalue weighted by Crippen LogP contribution is 2.48. The van der Waals surface area contributed by atoms with E-state index in [-0.39, 0.29) is 24.2 Å². The Morgan fingerprint density at radius 2 is 1.85 bits per heavy atom. The molecule has 0 bridgehead atoms. The Labute approximate surface area is 147 Å². The lowest BCUT2D eigenvalue weighted by molar-refractivity contribution is -0.424. The van der Waals surface area contributed by atoms with Gasteiger partial charge in [-0.15, -0.1) is 0 Å². The Kier molecular flexibility index (Phi) is 4.41. The van der Waals surface area contributed by atoms with Crippen LogP contribution in [0.1, 0.15) is 36.8 Å². The maximum absolute atomic E-state index is 14.3. The van der Waals surface area contributed by atoms with E-state index in [0.717, 1.165) is 10.5 Å². The largest absolute Gasteiger partial charge is 0.435 e. The normalized spacial score (nSPS) is 24.0. The summed E-state index contributed by atoms with van der Waals surface area (Å²) in [6, 6.07) is 5.67. The fourth-order valence-electron chi connectivity index (χ4n) is 3.65. The highest BCUT2D eigenvalue weighted by molar-refractivity contribution is 5.93. The summed E-state index contributed by atoms with van der Waals surface area (Å²) >= 11 is 0. The number of rotatable bonds is 2. The van der Waals surface area contributed by atoms with Crippen molar-refractivity contribution in [1.29, 1.82) is 0 Å². The molecule has 140 valence electrons. The first-order valence-electron chi connectivity index (χ1n) is 8.30. The number of hydrogen-bond acceptors (Lipinski definition) is 4. The van der Waals surface area contributed by atoms with E-state index >= 15 is 0 Å². The summed E-state index contributed by atoms with van der Waals surface area (Å²) in [6.45, 7) is 1.71. The van der Waals surface area contributed by atoms with Crippen molar-refractivity contribution >= 4 is 5.91 Å². The topological polar surface area (TPSA) is 75.5 Å². The van der Waals surface area contributed by atoms with Crippen LogP contribution in [0.15, 0.2) is 35.7 Å². The minimum Gasteiger partial charge on any atom is -0.335 e. The molecule has 26 heavy (non-hydrogen) atoms. The minimum atomic E-state index is -4.87. The van der Waals surface area contributed by atoms with Gasteiger partial charge in [0.25, 0.3) is 0 Å². The summed E-state index contributed by atoms with van der Waals surface area (Å²) in [7, 11) is 0. The Morgan fingerprint density at radius 1 is 1.19 bits per heavy atom.